The van der Waals surface area contributed by atoms with Crippen molar-refractivity contribution in [2.24, 2.45) is 5.41 Å². The first kappa shape index (κ1) is 14.7. The van der Waals surface area contributed by atoms with Crippen LogP contribution in [0.25, 0.3) is 0 Å². The van der Waals surface area contributed by atoms with Gasteiger partial charge in [-0.25, -0.2) is 5.06 Å². The van der Waals surface area contributed by atoms with Gasteiger partial charge in [-0.3, -0.25) is 14.8 Å². The molecular formula is C18H22N2O3. The van der Waals surface area contributed by atoms with Gasteiger partial charge in [-0.2, -0.15) is 0 Å². The van der Waals surface area contributed by atoms with Crippen molar-refractivity contribution in [3.05, 3.63) is 34.9 Å². The topological polar surface area (TPSA) is 69.6 Å². The molecule has 2 aliphatic carbocycles. The van der Waals surface area contributed by atoms with Gasteiger partial charge in [0.15, 0.2) is 0 Å². The molecule has 122 valence electrons. The van der Waals surface area contributed by atoms with E-state index in [4.69, 9.17) is 0 Å². The summed E-state index contributed by atoms with van der Waals surface area (Å²) in [6.07, 6.45) is 6.15. The molecule has 5 nitrogen and oxygen atoms in total. The highest BCUT2D eigenvalue weighted by Crippen LogP contribution is 2.41. The molecule has 1 aromatic carbocycles. The monoisotopic (exact) mass is 314 g/mol. The van der Waals surface area contributed by atoms with Gasteiger partial charge in [0.1, 0.15) is 0 Å². The Labute approximate surface area is 135 Å². The first-order valence-electron chi connectivity index (χ1n) is 8.52. The van der Waals surface area contributed by atoms with E-state index in [1.807, 2.05) is 12.1 Å². The zero-order chi connectivity index (χ0) is 16.0. The summed E-state index contributed by atoms with van der Waals surface area (Å²) in [6.45, 7) is 0.769. The Hall–Kier alpha value is -1.88. The zero-order valence-corrected chi connectivity index (χ0v) is 13.2. The average molecular weight is 314 g/mol. The normalized spacial score (nSPS) is 26.6. The van der Waals surface area contributed by atoms with Gasteiger partial charge in [0.2, 0.25) is 5.91 Å². The van der Waals surface area contributed by atoms with Crippen LogP contribution in [0.5, 0.6) is 0 Å². The lowest BCUT2D eigenvalue weighted by Gasteiger charge is -2.34. The fourth-order valence-corrected chi connectivity index (χ4v) is 4.04. The molecule has 2 N–H and O–H groups in total. The molecule has 23 heavy (non-hydrogen) atoms. The summed E-state index contributed by atoms with van der Waals surface area (Å²) in [5.41, 5.74) is 2.61. The number of aryl methyl sites for hydroxylation is 1. The lowest BCUT2D eigenvalue weighted by molar-refractivity contribution is -0.128. The van der Waals surface area contributed by atoms with Gasteiger partial charge in [0.05, 0.1) is 11.5 Å². The van der Waals surface area contributed by atoms with Crippen LogP contribution in [0.1, 0.15) is 53.6 Å². The minimum absolute atomic E-state index is 0.0241. The van der Waals surface area contributed by atoms with Crippen LogP contribution in [-0.2, 0) is 17.6 Å². The summed E-state index contributed by atoms with van der Waals surface area (Å²) >= 11 is 0. The second kappa shape index (κ2) is 5.34. The van der Waals surface area contributed by atoms with Crippen LogP contribution >= 0.6 is 0 Å². The Morgan fingerprint density at radius 3 is 2.74 bits per heavy atom. The summed E-state index contributed by atoms with van der Waals surface area (Å²) in [5, 5.41) is 13.9. The minimum atomic E-state index is -0.309. The highest BCUT2D eigenvalue weighted by atomic mass is 16.5. The molecule has 1 saturated carbocycles. The molecule has 1 aromatic rings. The quantitative estimate of drug-likeness (QED) is 0.648. The van der Waals surface area contributed by atoms with Crippen molar-refractivity contribution in [3.8, 4) is 0 Å². The molecule has 1 saturated heterocycles. The Balaban J connectivity index is 1.55. The van der Waals surface area contributed by atoms with Gasteiger partial charge >= 0.3 is 0 Å². The third-order valence-corrected chi connectivity index (χ3v) is 5.85. The van der Waals surface area contributed by atoms with E-state index in [-0.39, 0.29) is 23.3 Å². The van der Waals surface area contributed by atoms with E-state index in [1.165, 1.54) is 0 Å². The standard InChI is InChI=1S/C18H22N2O3/c21-16(20(23)15-2-1-3-15)13-4-5-14-11-18(7-6-12(14)10-13)8-9-19-17(18)22/h4-5,10,15,23H,1-3,6-9,11H2,(H,19,22)/t18-/m1/s1. The molecule has 2 fully saturated rings. The van der Waals surface area contributed by atoms with Crippen LogP contribution < -0.4 is 5.32 Å². The van der Waals surface area contributed by atoms with Crippen molar-refractivity contribution in [1.82, 2.24) is 10.4 Å². The van der Waals surface area contributed by atoms with Crippen molar-refractivity contribution in [1.29, 1.82) is 0 Å². The van der Waals surface area contributed by atoms with Crippen molar-refractivity contribution in [2.45, 2.75) is 51.0 Å². The summed E-state index contributed by atoms with van der Waals surface area (Å²) in [6, 6.07) is 5.63. The molecule has 1 atom stereocenters. The fraction of sp³-hybridized carbons (Fsp3) is 0.556. The summed E-state index contributed by atoms with van der Waals surface area (Å²) in [4.78, 5) is 24.5. The molecule has 0 radical (unpaired) electrons. The van der Waals surface area contributed by atoms with E-state index in [0.717, 1.165) is 67.7 Å². The Bertz CT molecular complexity index is 668. The summed E-state index contributed by atoms with van der Waals surface area (Å²) in [7, 11) is 0. The molecular weight excluding hydrogens is 292 g/mol. The van der Waals surface area contributed by atoms with Gasteiger partial charge in [0.25, 0.3) is 5.91 Å². The summed E-state index contributed by atoms with van der Waals surface area (Å²) < 4.78 is 0. The number of hydrogen-bond acceptors (Lipinski definition) is 3. The number of nitrogens with zero attached hydrogens (tertiary/aromatic N) is 1. The number of carbonyl (C=O) groups excluding carboxylic acids is 2. The number of benzene rings is 1. The van der Waals surface area contributed by atoms with Crippen LogP contribution in [-0.4, -0.2) is 34.7 Å². The molecule has 0 unspecified atom stereocenters. The van der Waals surface area contributed by atoms with E-state index in [0.29, 0.717) is 5.56 Å². The third-order valence-electron chi connectivity index (χ3n) is 5.85. The SMILES string of the molecule is O=C(c1ccc2c(c1)CC[C@@]1(CCNC1=O)C2)N(O)C1CCC1. The number of nitrogens with one attached hydrogen (secondary N) is 1. The second-order valence-electron chi connectivity index (χ2n) is 7.18. The van der Waals surface area contributed by atoms with Gasteiger partial charge in [-0.05, 0) is 68.2 Å². The molecule has 1 heterocycles. The van der Waals surface area contributed by atoms with E-state index >= 15 is 0 Å². The Morgan fingerprint density at radius 1 is 1.26 bits per heavy atom. The van der Waals surface area contributed by atoms with Gasteiger partial charge in [-0.15, -0.1) is 0 Å². The maximum absolute atomic E-state index is 12.4. The lowest BCUT2D eigenvalue weighted by Crippen LogP contribution is -2.42. The molecule has 1 aliphatic heterocycles. The highest BCUT2D eigenvalue weighted by Gasteiger charge is 2.44. The van der Waals surface area contributed by atoms with E-state index < -0.39 is 0 Å². The van der Waals surface area contributed by atoms with Crippen LogP contribution in [0, 0.1) is 5.41 Å². The van der Waals surface area contributed by atoms with Gasteiger partial charge in [-0.1, -0.05) is 6.07 Å². The number of amides is 2. The van der Waals surface area contributed by atoms with Gasteiger partial charge in [0, 0.05) is 12.1 Å². The smallest absolute Gasteiger partial charge is 0.277 e. The largest absolute Gasteiger partial charge is 0.356 e. The van der Waals surface area contributed by atoms with Crippen molar-refractivity contribution < 1.29 is 14.8 Å². The Morgan fingerprint density at radius 2 is 2.09 bits per heavy atom. The lowest BCUT2D eigenvalue weighted by atomic mass is 9.70. The summed E-state index contributed by atoms with van der Waals surface area (Å²) in [5.74, 6) is -0.133. The first-order valence-corrected chi connectivity index (χ1v) is 8.52. The number of carbonyl (C=O) groups is 2. The molecule has 0 aromatic heterocycles. The van der Waals surface area contributed by atoms with Crippen molar-refractivity contribution in [2.75, 3.05) is 6.54 Å². The molecule has 2 amide bonds. The second-order valence-corrected chi connectivity index (χ2v) is 7.18. The number of fused-ring (bicyclic) bond motifs is 1. The average Bonchev–Trinajstić information content (AvgIpc) is 2.85. The minimum Gasteiger partial charge on any atom is -0.356 e. The molecule has 5 heteroatoms. The zero-order valence-electron chi connectivity index (χ0n) is 13.2. The van der Waals surface area contributed by atoms with E-state index in [9.17, 15) is 14.8 Å². The maximum Gasteiger partial charge on any atom is 0.277 e. The van der Waals surface area contributed by atoms with Crippen molar-refractivity contribution >= 4 is 11.8 Å². The van der Waals surface area contributed by atoms with Gasteiger partial charge < -0.3 is 5.32 Å². The van der Waals surface area contributed by atoms with Crippen LogP contribution in [0.3, 0.4) is 0 Å². The maximum atomic E-state index is 12.4. The number of rotatable bonds is 2. The van der Waals surface area contributed by atoms with E-state index in [2.05, 4.69) is 5.32 Å². The number of hydrogen-bond donors (Lipinski definition) is 2. The highest BCUT2D eigenvalue weighted by molar-refractivity contribution is 5.94. The predicted molar refractivity (Wildman–Crippen MR) is 84.1 cm³/mol. The van der Waals surface area contributed by atoms with Crippen LogP contribution in [0.2, 0.25) is 0 Å². The van der Waals surface area contributed by atoms with Crippen LogP contribution in [0.4, 0.5) is 0 Å². The molecule has 4 rings (SSSR count). The third kappa shape index (κ3) is 2.34. The Kier molecular flexibility index (Phi) is 3.41. The van der Waals surface area contributed by atoms with Crippen molar-refractivity contribution in [3.63, 3.8) is 0 Å². The molecule has 3 aliphatic rings. The molecule has 1 spiro atoms. The van der Waals surface area contributed by atoms with Crippen LogP contribution in [0.15, 0.2) is 18.2 Å². The first-order chi connectivity index (χ1) is 11.1. The number of hydroxylamine groups is 2. The predicted octanol–water partition coefficient (Wildman–Crippen LogP) is 2.07. The fourth-order valence-electron chi connectivity index (χ4n) is 4.04. The molecule has 0 bridgehead atoms. The van der Waals surface area contributed by atoms with E-state index in [1.54, 1.807) is 6.07 Å².